The number of imide groups is 1. The molecular formula is C22H26N2O4. The minimum atomic E-state index is -0.544. The number of ether oxygens (including phenoxy) is 2. The molecule has 0 N–H and O–H groups in total. The lowest BCUT2D eigenvalue weighted by Crippen LogP contribution is -2.42. The molecule has 148 valence electrons. The Morgan fingerprint density at radius 3 is 2.43 bits per heavy atom. The molecule has 1 aliphatic heterocycles. The molecule has 0 atom stereocenters. The van der Waals surface area contributed by atoms with Gasteiger partial charge >= 0.3 is 0 Å². The average Bonchev–Trinajstić information content (AvgIpc) is 2.65. The fourth-order valence-electron chi connectivity index (χ4n) is 2.84. The van der Waals surface area contributed by atoms with Crippen molar-refractivity contribution < 1.29 is 19.1 Å². The highest BCUT2D eigenvalue weighted by Gasteiger charge is 2.34. The van der Waals surface area contributed by atoms with Gasteiger partial charge in [-0.3, -0.25) is 14.5 Å². The zero-order valence-corrected chi connectivity index (χ0v) is 17.0. The number of amides is 2. The van der Waals surface area contributed by atoms with Gasteiger partial charge in [0.05, 0.1) is 13.2 Å². The quantitative estimate of drug-likeness (QED) is 0.530. The molecule has 1 aromatic rings. The number of likely N-dealkylation sites (N-methyl/N-ethyl adjacent to an activating group) is 1. The molecular weight excluding hydrogens is 356 g/mol. The van der Waals surface area contributed by atoms with Gasteiger partial charge in [-0.1, -0.05) is 19.9 Å². The number of carbonyl (C=O) groups excluding carboxylic acids is 2. The summed E-state index contributed by atoms with van der Waals surface area (Å²) < 4.78 is 11.5. The fraction of sp³-hybridized carbons (Fsp3) is 0.409. The first-order valence-corrected chi connectivity index (χ1v) is 9.42. The molecule has 1 aromatic carbocycles. The van der Waals surface area contributed by atoms with Crippen LogP contribution in [0.2, 0.25) is 0 Å². The standard InChI is InChI=1S/C22H26N2O4/c1-6-24-21(25)17(15(5)18(12-23)22(24)26)10-16-8-9-19(28-13-14(3)4)20(11-16)27-7-2/h8-11,14H,6-7,13H2,1-5H3/b17-10+. The molecule has 2 amide bonds. The summed E-state index contributed by atoms with van der Waals surface area (Å²) in [6.07, 6.45) is 1.68. The highest BCUT2D eigenvalue weighted by molar-refractivity contribution is 6.19. The lowest BCUT2D eigenvalue weighted by Gasteiger charge is -2.26. The van der Waals surface area contributed by atoms with Crippen LogP contribution in [0.15, 0.2) is 34.9 Å². The van der Waals surface area contributed by atoms with E-state index in [1.165, 1.54) is 0 Å². The van der Waals surface area contributed by atoms with E-state index in [2.05, 4.69) is 13.8 Å². The lowest BCUT2D eigenvalue weighted by atomic mass is 9.93. The molecule has 0 spiro atoms. The number of hydrogen-bond donors (Lipinski definition) is 0. The van der Waals surface area contributed by atoms with Crippen LogP contribution in [0.1, 0.15) is 40.2 Å². The van der Waals surface area contributed by atoms with Crippen LogP contribution in [0.5, 0.6) is 11.5 Å². The smallest absolute Gasteiger partial charge is 0.271 e. The molecule has 0 aromatic heterocycles. The Kier molecular flexibility index (Phi) is 7.00. The van der Waals surface area contributed by atoms with Gasteiger partial charge in [-0.15, -0.1) is 0 Å². The summed E-state index contributed by atoms with van der Waals surface area (Å²) in [5.74, 6) is 0.666. The first-order valence-electron chi connectivity index (χ1n) is 9.42. The van der Waals surface area contributed by atoms with E-state index in [0.29, 0.717) is 41.8 Å². The third-order valence-electron chi connectivity index (χ3n) is 4.29. The maximum atomic E-state index is 12.7. The molecule has 6 heteroatoms. The number of carbonyl (C=O) groups is 2. The monoisotopic (exact) mass is 382 g/mol. The highest BCUT2D eigenvalue weighted by atomic mass is 16.5. The van der Waals surface area contributed by atoms with E-state index in [1.807, 2.05) is 19.1 Å². The Hall–Kier alpha value is -3.07. The summed E-state index contributed by atoms with van der Waals surface area (Å²) in [5.41, 5.74) is 1.44. The summed E-state index contributed by atoms with van der Waals surface area (Å²) in [7, 11) is 0. The number of rotatable bonds is 7. The third-order valence-corrected chi connectivity index (χ3v) is 4.29. The molecule has 0 bridgehead atoms. The minimum absolute atomic E-state index is 0.00498. The molecule has 0 saturated carbocycles. The van der Waals surface area contributed by atoms with Crippen LogP contribution < -0.4 is 9.47 Å². The molecule has 6 nitrogen and oxygen atoms in total. The Morgan fingerprint density at radius 2 is 1.86 bits per heavy atom. The van der Waals surface area contributed by atoms with Crippen molar-refractivity contribution in [3.8, 4) is 17.6 Å². The normalized spacial score (nSPS) is 16.0. The molecule has 0 radical (unpaired) electrons. The van der Waals surface area contributed by atoms with Gasteiger partial charge in [0.2, 0.25) is 0 Å². The maximum absolute atomic E-state index is 12.7. The summed E-state index contributed by atoms with van der Waals surface area (Å²) in [6.45, 7) is 10.6. The Balaban J connectivity index is 2.49. The number of benzene rings is 1. The van der Waals surface area contributed by atoms with Crippen molar-refractivity contribution in [3.63, 3.8) is 0 Å². The Labute approximate surface area is 166 Å². The molecule has 28 heavy (non-hydrogen) atoms. The van der Waals surface area contributed by atoms with Crippen molar-refractivity contribution >= 4 is 17.9 Å². The van der Waals surface area contributed by atoms with Gasteiger partial charge in [-0.25, -0.2) is 0 Å². The zero-order chi connectivity index (χ0) is 20.8. The number of hydrogen-bond acceptors (Lipinski definition) is 5. The van der Waals surface area contributed by atoms with Crippen LogP contribution in [-0.4, -0.2) is 36.5 Å². The van der Waals surface area contributed by atoms with E-state index in [9.17, 15) is 14.9 Å². The molecule has 0 aliphatic carbocycles. The largest absolute Gasteiger partial charge is 0.490 e. The molecule has 0 fully saturated rings. The van der Waals surface area contributed by atoms with Crippen LogP contribution in [0.25, 0.3) is 6.08 Å². The topological polar surface area (TPSA) is 79.6 Å². The molecule has 0 saturated heterocycles. The van der Waals surface area contributed by atoms with Crippen LogP contribution >= 0.6 is 0 Å². The van der Waals surface area contributed by atoms with Crippen molar-refractivity contribution in [1.82, 2.24) is 4.90 Å². The minimum Gasteiger partial charge on any atom is -0.490 e. The molecule has 1 heterocycles. The first kappa shape index (κ1) is 21.2. The van der Waals surface area contributed by atoms with Crippen molar-refractivity contribution in [1.29, 1.82) is 5.26 Å². The van der Waals surface area contributed by atoms with Crippen molar-refractivity contribution in [3.05, 3.63) is 40.5 Å². The van der Waals surface area contributed by atoms with Gasteiger partial charge in [-0.2, -0.15) is 5.26 Å². The van der Waals surface area contributed by atoms with Crippen molar-refractivity contribution in [2.75, 3.05) is 19.8 Å². The summed E-state index contributed by atoms with van der Waals surface area (Å²) in [5, 5.41) is 9.34. The van der Waals surface area contributed by atoms with Gasteiger partial charge in [-0.05, 0) is 56.0 Å². The van der Waals surface area contributed by atoms with E-state index >= 15 is 0 Å². The molecule has 0 unspecified atom stereocenters. The predicted octanol–water partition coefficient (Wildman–Crippen LogP) is 3.73. The van der Waals surface area contributed by atoms with Gasteiger partial charge in [0.1, 0.15) is 11.6 Å². The van der Waals surface area contributed by atoms with Gasteiger partial charge in [0.15, 0.2) is 11.5 Å². The maximum Gasteiger partial charge on any atom is 0.271 e. The van der Waals surface area contributed by atoms with E-state index in [1.54, 1.807) is 32.1 Å². The van der Waals surface area contributed by atoms with Gasteiger partial charge in [0, 0.05) is 12.1 Å². The molecule has 2 rings (SSSR count). The first-order chi connectivity index (χ1) is 13.3. The van der Waals surface area contributed by atoms with E-state index < -0.39 is 11.8 Å². The fourth-order valence-corrected chi connectivity index (χ4v) is 2.84. The summed E-state index contributed by atoms with van der Waals surface area (Å²) in [6, 6.07) is 7.35. The van der Waals surface area contributed by atoms with Crippen LogP contribution in [0.3, 0.4) is 0 Å². The SMILES string of the molecule is CCOc1cc(/C=C2/C(=O)N(CC)C(=O)C(C#N)=C2C)ccc1OCC(C)C. The molecule has 1 aliphatic rings. The Bertz CT molecular complexity index is 875. The summed E-state index contributed by atoms with van der Waals surface area (Å²) >= 11 is 0. The van der Waals surface area contributed by atoms with E-state index in [0.717, 1.165) is 10.5 Å². The van der Waals surface area contributed by atoms with Gasteiger partial charge in [0.25, 0.3) is 11.8 Å². The number of nitrogens with zero attached hydrogens (tertiary/aromatic N) is 2. The van der Waals surface area contributed by atoms with E-state index in [4.69, 9.17) is 9.47 Å². The second-order valence-electron chi connectivity index (χ2n) is 6.87. The van der Waals surface area contributed by atoms with Gasteiger partial charge < -0.3 is 9.47 Å². The van der Waals surface area contributed by atoms with Crippen LogP contribution in [0, 0.1) is 17.2 Å². The summed E-state index contributed by atoms with van der Waals surface area (Å²) in [4.78, 5) is 26.1. The van der Waals surface area contributed by atoms with E-state index in [-0.39, 0.29) is 12.1 Å². The van der Waals surface area contributed by atoms with Crippen LogP contribution in [0.4, 0.5) is 0 Å². The second kappa shape index (κ2) is 9.23. The van der Waals surface area contributed by atoms with Crippen molar-refractivity contribution in [2.24, 2.45) is 5.92 Å². The zero-order valence-electron chi connectivity index (χ0n) is 17.0. The van der Waals surface area contributed by atoms with Crippen molar-refractivity contribution in [2.45, 2.75) is 34.6 Å². The number of nitriles is 1. The average molecular weight is 382 g/mol. The Morgan fingerprint density at radius 1 is 1.14 bits per heavy atom. The lowest BCUT2D eigenvalue weighted by molar-refractivity contribution is -0.140. The van der Waals surface area contributed by atoms with Crippen LogP contribution in [-0.2, 0) is 9.59 Å². The third kappa shape index (κ3) is 4.42. The predicted molar refractivity (Wildman–Crippen MR) is 107 cm³/mol. The second-order valence-corrected chi connectivity index (χ2v) is 6.87. The highest BCUT2D eigenvalue weighted by Crippen LogP contribution is 2.32.